The maximum Gasteiger partial charge on any atom is 0.360 e. The molecule has 1 saturated heterocycles. The molecular weight excluding hydrogens is 454 g/mol. The van der Waals surface area contributed by atoms with E-state index in [0.29, 0.717) is 19.5 Å². The number of thioether (sulfide) groups is 1. The highest BCUT2D eigenvalue weighted by Gasteiger charge is 2.38. The van der Waals surface area contributed by atoms with Gasteiger partial charge in [-0.25, -0.2) is 9.48 Å². The number of methoxy groups -OCH3 is 2. The van der Waals surface area contributed by atoms with Gasteiger partial charge < -0.3 is 14.8 Å². The number of carbonyl (C=O) groups is 2. The summed E-state index contributed by atoms with van der Waals surface area (Å²) < 4.78 is 11.9. The number of esters is 1. The van der Waals surface area contributed by atoms with Crippen molar-refractivity contribution in [3.05, 3.63) is 66.0 Å². The van der Waals surface area contributed by atoms with Gasteiger partial charge in [0.2, 0.25) is 5.91 Å². The Bertz CT molecular complexity index is 1170. The fourth-order valence-electron chi connectivity index (χ4n) is 4.15. The number of hydrogen-bond donors (Lipinski definition) is 1. The number of rotatable bonds is 8. The van der Waals surface area contributed by atoms with E-state index >= 15 is 0 Å². The molecule has 10 heteroatoms. The number of nitrogens with one attached hydrogen (secondary N) is 1. The SMILES string of the molecule is COC(=O)c1cn([C@@H]2C[C@@H](C(=O)Nc3cccc(SC)c3)N(Cc3ccccc3OC)C2)nn1. The Morgan fingerprint density at radius 2 is 2.00 bits per heavy atom. The number of nitrogens with zero attached hydrogens (tertiary/aromatic N) is 4. The molecule has 2 atom stereocenters. The molecule has 2 heterocycles. The minimum absolute atomic E-state index is 0.0936. The van der Waals surface area contributed by atoms with Crippen LogP contribution in [0.25, 0.3) is 0 Å². The summed E-state index contributed by atoms with van der Waals surface area (Å²) in [6.45, 7) is 1.09. The van der Waals surface area contributed by atoms with E-state index in [1.165, 1.54) is 7.11 Å². The molecule has 178 valence electrons. The van der Waals surface area contributed by atoms with Gasteiger partial charge in [0.15, 0.2) is 5.69 Å². The molecule has 1 N–H and O–H groups in total. The summed E-state index contributed by atoms with van der Waals surface area (Å²) in [4.78, 5) is 28.4. The summed E-state index contributed by atoms with van der Waals surface area (Å²) in [6, 6.07) is 15.0. The number of para-hydroxylation sites is 1. The van der Waals surface area contributed by atoms with Crippen LogP contribution in [0.15, 0.2) is 59.6 Å². The summed E-state index contributed by atoms with van der Waals surface area (Å²) in [5.74, 6) is 0.133. The smallest absolute Gasteiger partial charge is 0.360 e. The number of carbonyl (C=O) groups excluding carboxylic acids is 2. The molecule has 1 fully saturated rings. The van der Waals surface area contributed by atoms with Gasteiger partial charge in [0.25, 0.3) is 0 Å². The Labute approximate surface area is 202 Å². The fourth-order valence-corrected chi connectivity index (χ4v) is 4.61. The third-order valence-corrected chi connectivity index (χ3v) is 6.59. The molecule has 1 amide bonds. The quantitative estimate of drug-likeness (QED) is 0.387. The third-order valence-electron chi connectivity index (χ3n) is 5.87. The summed E-state index contributed by atoms with van der Waals surface area (Å²) in [5, 5.41) is 11.1. The first-order valence-corrected chi connectivity index (χ1v) is 12.1. The van der Waals surface area contributed by atoms with Crippen LogP contribution in [0.2, 0.25) is 0 Å². The topological polar surface area (TPSA) is 98.6 Å². The van der Waals surface area contributed by atoms with Gasteiger partial charge in [0.1, 0.15) is 5.75 Å². The first kappa shape index (κ1) is 23.8. The average Bonchev–Trinajstić information content (AvgIpc) is 3.52. The zero-order chi connectivity index (χ0) is 24.1. The number of benzene rings is 2. The van der Waals surface area contributed by atoms with Crippen molar-refractivity contribution >= 4 is 29.3 Å². The van der Waals surface area contributed by atoms with Gasteiger partial charge in [-0.3, -0.25) is 9.69 Å². The largest absolute Gasteiger partial charge is 0.496 e. The predicted octanol–water partition coefficient (Wildman–Crippen LogP) is 3.25. The molecule has 0 radical (unpaired) electrons. The van der Waals surface area contributed by atoms with E-state index in [0.717, 1.165) is 21.9 Å². The van der Waals surface area contributed by atoms with Crippen molar-refractivity contribution in [1.82, 2.24) is 19.9 Å². The molecule has 1 aliphatic rings. The van der Waals surface area contributed by atoms with Crippen LogP contribution in [-0.2, 0) is 16.1 Å². The van der Waals surface area contributed by atoms with Crippen molar-refractivity contribution < 1.29 is 19.1 Å². The molecule has 1 aromatic heterocycles. The molecule has 34 heavy (non-hydrogen) atoms. The second-order valence-corrected chi connectivity index (χ2v) is 8.82. The highest BCUT2D eigenvalue weighted by molar-refractivity contribution is 7.98. The van der Waals surface area contributed by atoms with Crippen molar-refractivity contribution in [3.8, 4) is 5.75 Å². The van der Waals surface area contributed by atoms with Crippen molar-refractivity contribution in [2.24, 2.45) is 0 Å². The number of ether oxygens (including phenoxy) is 2. The number of anilines is 1. The van der Waals surface area contributed by atoms with Crippen LogP contribution in [0.4, 0.5) is 5.69 Å². The fraction of sp³-hybridized carbons (Fsp3) is 0.333. The van der Waals surface area contributed by atoms with Crippen molar-refractivity contribution in [2.45, 2.75) is 29.9 Å². The number of hydrogen-bond acceptors (Lipinski definition) is 8. The number of amides is 1. The zero-order valence-corrected chi connectivity index (χ0v) is 20.1. The second-order valence-electron chi connectivity index (χ2n) is 7.94. The van der Waals surface area contributed by atoms with E-state index in [9.17, 15) is 9.59 Å². The van der Waals surface area contributed by atoms with Gasteiger partial charge in [0, 0.05) is 29.2 Å². The van der Waals surface area contributed by atoms with Gasteiger partial charge in [-0.15, -0.1) is 16.9 Å². The third kappa shape index (κ3) is 5.23. The van der Waals surface area contributed by atoms with E-state index in [1.807, 2.05) is 54.8 Å². The van der Waals surface area contributed by atoms with Crippen LogP contribution in [0.1, 0.15) is 28.5 Å². The van der Waals surface area contributed by atoms with Crippen LogP contribution in [0, 0.1) is 0 Å². The molecular formula is C24H27N5O4S. The first-order chi connectivity index (χ1) is 16.5. The first-order valence-electron chi connectivity index (χ1n) is 10.8. The lowest BCUT2D eigenvalue weighted by Crippen LogP contribution is -2.39. The van der Waals surface area contributed by atoms with Crippen molar-refractivity contribution in [3.63, 3.8) is 0 Å². The van der Waals surface area contributed by atoms with Gasteiger partial charge in [-0.05, 0) is 36.9 Å². The number of aromatic nitrogens is 3. The highest BCUT2D eigenvalue weighted by Crippen LogP contribution is 2.31. The molecule has 9 nitrogen and oxygen atoms in total. The van der Waals surface area contributed by atoms with E-state index in [1.54, 1.807) is 29.8 Å². The van der Waals surface area contributed by atoms with Gasteiger partial charge in [-0.1, -0.05) is 29.5 Å². The van der Waals surface area contributed by atoms with Gasteiger partial charge >= 0.3 is 5.97 Å². The Morgan fingerprint density at radius 1 is 1.18 bits per heavy atom. The molecule has 0 spiro atoms. The molecule has 0 aliphatic carbocycles. The maximum absolute atomic E-state index is 13.4. The molecule has 0 bridgehead atoms. The molecule has 0 unspecified atom stereocenters. The Kier molecular flexibility index (Phi) is 7.49. The summed E-state index contributed by atoms with van der Waals surface area (Å²) in [7, 11) is 2.94. The maximum atomic E-state index is 13.4. The van der Waals surface area contributed by atoms with Crippen LogP contribution in [-0.4, -0.2) is 64.8 Å². The minimum atomic E-state index is -0.543. The highest BCUT2D eigenvalue weighted by atomic mass is 32.2. The Morgan fingerprint density at radius 3 is 2.76 bits per heavy atom. The number of likely N-dealkylation sites (tertiary alicyclic amines) is 1. The van der Waals surface area contributed by atoms with Crippen molar-refractivity contribution in [2.75, 3.05) is 32.3 Å². The second kappa shape index (κ2) is 10.7. The van der Waals surface area contributed by atoms with Crippen LogP contribution >= 0.6 is 11.8 Å². The molecule has 2 aromatic carbocycles. The zero-order valence-electron chi connectivity index (χ0n) is 19.3. The van der Waals surface area contributed by atoms with Crippen LogP contribution in [0.3, 0.4) is 0 Å². The lowest BCUT2D eigenvalue weighted by atomic mass is 10.1. The summed E-state index contributed by atoms with van der Waals surface area (Å²) in [6.07, 6.45) is 4.09. The summed E-state index contributed by atoms with van der Waals surface area (Å²) in [5.41, 5.74) is 1.88. The van der Waals surface area contributed by atoms with Gasteiger partial charge in [0.05, 0.1) is 32.5 Å². The molecule has 4 rings (SSSR count). The molecule has 3 aromatic rings. The minimum Gasteiger partial charge on any atom is -0.496 e. The van der Waals surface area contributed by atoms with E-state index < -0.39 is 12.0 Å². The van der Waals surface area contributed by atoms with Crippen molar-refractivity contribution in [1.29, 1.82) is 0 Å². The van der Waals surface area contributed by atoms with E-state index in [4.69, 9.17) is 9.47 Å². The lowest BCUT2D eigenvalue weighted by Gasteiger charge is -2.24. The Balaban J connectivity index is 1.58. The summed E-state index contributed by atoms with van der Waals surface area (Å²) >= 11 is 1.62. The predicted molar refractivity (Wildman–Crippen MR) is 129 cm³/mol. The molecule has 0 saturated carbocycles. The molecule has 1 aliphatic heterocycles. The monoisotopic (exact) mass is 481 g/mol. The van der Waals surface area contributed by atoms with Gasteiger partial charge in [-0.2, -0.15) is 0 Å². The van der Waals surface area contributed by atoms with E-state index in [-0.39, 0.29) is 17.6 Å². The average molecular weight is 482 g/mol. The Hall–Kier alpha value is -3.37. The van der Waals surface area contributed by atoms with E-state index in [2.05, 4.69) is 20.5 Å². The standard InChI is InChI=1S/C24H27N5O4S/c1-32-22-10-5-4-7-16(22)13-28-14-18(29-15-20(26-27-29)24(31)33-2)12-21(28)23(30)25-17-8-6-9-19(11-17)34-3/h4-11,15,18,21H,12-14H2,1-3H3,(H,25,30)/t18-,21+/m1/s1. The van der Waals surface area contributed by atoms with Crippen LogP contribution < -0.4 is 10.1 Å². The van der Waals surface area contributed by atoms with Crippen LogP contribution in [0.5, 0.6) is 5.75 Å². The lowest BCUT2D eigenvalue weighted by molar-refractivity contribution is -0.120. The normalized spacial score (nSPS) is 18.0.